The van der Waals surface area contributed by atoms with Gasteiger partial charge in [0.15, 0.2) is 8.32 Å². The van der Waals surface area contributed by atoms with Gasteiger partial charge in [-0.05, 0) is 54.6 Å². The fourth-order valence-corrected chi connectivity index (χ4v) is 7.20. The number of rotatable bonds is 7. The standard InChI is InChI=1S/C31H41N5OSi/c1-31(2,3)38(4,5)37-18-10-17-35-19-24(22-13-6-7-15-26(22)35)27-28(33-34-30(27)32)25-20-36-16-9-12-21-11-8-14-23(25)29(21)36/h6-8,11,13-15,20,24H,9-10,12,16-19H2,1-5H3,(H3,32,33,34). The molecule has 2 aliphatic heterocycles. The predicted octanol–water partition coefficient (Wildman–Crippen LogP) is 6.92. The second-order valence-corrected chi connectivity index (χ2v) is 17.4. The predicted molar refractivity (Wildman–Crippen MR) is 161 cm³/mol. The van der Waals surface area contributed by atoms with Crippen molar-refractivity contribution in [2.24, 2.45) is 0 Å². The molecule has 0 aliphatic carbocycles. The molecule has 4 heterocycles. The molecule has 1 unspecified atom stereocenters. The summed E-state index contributed by atoms with van der Waals surface area (Å²) < 4.78 is 8.89. The quantitative estimate of drug-likeness (QED) is 0.202. The minimum Gasteiger partial charge on any atom is -0.417 e. The molecule has 6 rings (SSSR count). The first-order valence-corrected chi connectivity index (χ1v) is 17.0. The van der Waals surface area contributed by atoms with E-state index in [0.29, 0.717) is 5.82 Å². The molecule has 0 amide bonds. The van der Waals surface area contributed by atoms with Gasteiger partial charge in [0, 0.05) is 60.6 Å². The number of H-pyrrole nitrogens is 1. The van der Waals surface area contributed by atoms with Crippen LogP contribution in [0.25, 0.3) is 22.2 Å². The van der Waals surface area contributed by atoms with Crippen LogP contribution in [0.2, 0.25) is 18.1 Å². The van der Waals surface area contributed by atoms with E-state index in [9.17, 15) is 0 Å². The molecule has 0 bridgehead atoms. The third kappa shape index (κ3) is 4.16. The smallest absolute Gasteiger partial charge is 0.191 e. The van der Waals surface area contributed by atoms with Crippen molar-refractivity contribution < 1.29 is 4.43 Å². The highest BCUT2D eigenvalue weighted by Crippen LogP contribution is 2.46. The first-order chi connectivity index (χ1) is 18.2. The molecule has 0 saturated carbocycles. The van der Waals surface area contributed by atoms with Crippen LogP contribution >= 0.6 is 0 Å². The lowest BCUT2D eigenvalue weighted by Crippen LogP contribution is -2.41. The van der Waals surface area contributed by atoms with Gasteiger partial charge in [-0.2, -0.15) is 5.10 Å². The number of hydrogen-bond acceptors (Lipinski definition) is 4. The van der Waals surface area contributed by atoms with Gasteiger partial charge in [0.05, 0.1) is 5.52 Å². The van der Waals surface area contributed by atoms with Crippen LogP contribution in [-0.2, 0) is 17.4 Å². The lowest BCUT2D eigenvalue weighted by molar-refractivity contribution is 0.283. The maximum absolute atomic E-state index is 6.64. The van der Waals surface area contributed by atoms with Crippen LogP contribution in [-0.4, -0.2) is 42.8 Å². The Kier molecular flexibility index (Phi) is 6.19. The highest BCUT2D eigenvalue weighted by atomic mass is 28.4. The summed E-state index contributed by atoms with van der Waals surface area (Å²) >= 11 is 0. The minimum absolute atomic E-state index is 0.174. The summed E-state index contributed by atoms with van der Waals surface area (Å²) in [7, 11) is -1.74. The van der Waals surface area contributed by atoms with Gasteiger partial charge in [0.25, 0.3) is 0 Å². The maximum atomic E-state index is 6.64. The molecule has 0 radical (unpaired) electrons. The van der Waals surface area contributed by atoms with Gasteiger partial charge in [0.2, 0.25) is 0 Å². The molecule has 6 nitrogen and oxygen atoms in total. The third-order valence-corrected chi connectivity index (χ3v) is 13.7. The molecule has 4 aromatic rings. The van der Waals surface area contributed by atoms with Gasteiger partial charge in [0.1, 0.15) is 11.5 Å². The lowest BCUT2D eigenvalue weighted by atomic mass is 9.90. The molecule has 38 heavy (non-hydrogen) atoms. The summed E-state index contributed by atoms with van der Waals surface area (Å²) in [5, 5.41) is 9.46. The second-order valence-electron chi connectivity index (χ2n) is 12.6. The van der Waals surface area contributed by atoms with Crippen LogP contribution in [0.4, 0.5) is 11.5 Å². The van der Waals surface area contributed by atoms with Gasteiger partial charge in [-0.15, -0.1) is 0 Å². The van der Waals surface area contributed by atoms with E-state index in [4.69, 9.17) is 15.3 Å². The fourth-order valence-electron chi connectivity index (χ4n) is 6.11. The summed E-state index contributed by atoms with van der Waals surface area (Å²) in [6.45, 7) is 15.3. The Morgan fingerprint density at radius 3 is 2.76 bits per heavy atom. The molecule has 3 N–H and O–H groups in total. The number of nitrogen functional groups attached to an aromatic ring is 1. The molecular formula is C31H41N5OSi. The van der Waals surface area contributed by atoms with Crippen molar-refractivity contribution in [3.63, 3.8) is 0 Å². The summed E-state index contributed by atoms with van der Waals surface area (Å²) in [6.07, 6.45) is 5.63. The monoisotopic (exact) mass is 527 g/mol. The van der Waals surface area contributed by atoms with Gasteiger partial charge < -0.3 is 19.6 Å². The molecule has 0 saturated heterocycles. The molecule has 0 spiro atoms. The molecule has 7 heteroatoms. The molecular weight excluding hydrogens is 486 g/mol. The van der Waals surface area contributed by atoms with Crippen LogP contribution < -0.4 is 10.6 Å². The van der Waals surface area contributed by atoms with Crippen molar-refractivity contribution in [3.05, 3.63) is 65.4 Å². The van der Waals surface area contributed by atoms with E-state index >= 15 is 0 Å². The van der Waals surface area contributed by atoms with E-state index in [0.717, 1.165) is 50.3 Å². The van der Waals surface area contributed by atoms with E-state index in [1.165, 1.54) is 39.7 Å². The van der Waals surface area contributed by atoms with E-state index in [2.05, 4.69) is 97.1 Å². The molecule has 1 atom stereocenters. The van der Waals surface area contributed by atoms with Crippen molar-refractivity contribution in [1.29, 1.82) is 0 Å². The Morgan fingerprint density at radius 2 is 1.95 bits per heavy atom. The first kappa shape index (κ1) is 25.3. The summed E-state index contributed by atoms with van der Waals surface area (Å²) in [4.78, 5) is 2.51. The summed E-state index contributed by atoms with van der Waals surface area (Å²) in [5.74, 6) is 0.850. The topological polar surface area (TPSA) is 72.1 Å². The number of benzene rings is 2. The zero-order chi connectivity index (χ0) is 26.7. The number of para-hydroxylation sites is 2. The van der Waals surface area contributed by atoms with Crippen LogP contribution in [0, 0.1) is 0 Å². The van der Waals surface area contributed by atoms with Gasteiger partial charge >= 0.3 is 0 Å². The van der Waals surface area contributed by atoms with E-state index in [-0.39, 0.29) is 11.0 Å². The number of fused-ring (bicyclic) bond motifs is 1. The number of aromatic amines is 1. The van der Waals surface area contributed by atoms with E-state index in [1.54, 1.807) is 0 Å². The van der Waals surface area contributed by atoms with Crippen LogP contribution in [0.1, 0.15) is 56.2 Å². The number of aryl methyl sites for hydroxylation is 2. The lowest BCUT2D eigenvalue weighted by Gasteiger charge is -2.36. The molecule has 0 fully saturated rings. The summed E-state index contributed by atoms with van der Waals surface area (Å²) in [6, 6.07) is 15.5. The van der Waals surface area contributed by atoms with Crippen LogP contribution in [0.5, 0.6) is 0 Å². The van der Waals surface area contributed by atoms with E-state index in [1.807, 2.05) is 0 Å². The Labute approximate surface area is 227 Å². The number of aromatic nitrogens is 3. The maximum Gasteiger partial charge on any atom is 0.191 e. The zero-order valence-corrected chi connectivity index (χ0v) is 24.5. The minimum atomic E-state index is -1.74. The number of nitrogens with one attached hydrogen (secondary N) is 1. The Balaban J connectivity index is 1.29. The Hall–Kier alpha value is -3.03. The van der Waals surface area contributed by atoms with Crippen LogP contribution in [0.15, 0.2) is 48.7 Å². The largest absolute Gasteiger partial charge is 0.417 e. The van der Waals surface area contributed by atoms with Crippen molar-refractivity contribution in [2.75, 3.05) is 30.3 Å². The number of anilines is 2. The van der Waals surface area contributed by atoms with Crippen molar-refractivity contribution in [1.82, 2.24) is 14.8 Å². The molecule has 2 aromatic carbocycles. The normalized spacial score (nSPS) is 17.4. The average molecular weight is 528 g/mol. The van der Waals surface area contributed by atoms with Gasteiger partial charge in [-0.3, -0.25) is 5.10 Å². The molecule has 2 aliphatic rings. The Bertz CT molecular complexity index is 1480. The summed E-state index contributed by atoms with van der Waals surface area (Å²) in [5.41, 5.74) is 15.4. The first-order valence-electron chi connectivity index (χ1n) is 14.1. The fraction of sp³-hybridized carbons (Fsp3) is 0.452. The number of hydrogen-bond donors (Lipinski definition) is 2. The van der Waals surface area contributed by atoms with Crippen molar-refractivity contribution >= 4 is 30.7 Å². The number of nitrogens with zero attached hydrogens (tertiary/aromatic N) is 3. The second kappa shape index (κ2) is 9.31. The van der Waals surface area contributed by atoms with Crippen molar-refractivity contribution in [3.8, 4) is 11.3 Å². The highest BCUT2D eigenvalue weighted by molar-refractivity contribution is 6.74. The molecule has 2 aromatic heterocycles. The van der Waals surface area contributed by atoms with Crippen molar-refractivity contribution in [2.45, 2.75) is 70.6 Å². The van der Waals surface area contributed by atoms with Gasteiger partial charge in [-0.25, -0.2) is 0 Å². The zero-order valence-electron chi connectivity index (χ0n) is 23.5. The Morgan fingerprint density at radius 1 is 1.13 bits per heavy atom. The number of nitrogens with two attached hydrogens (primary N) is 1. The SMILES string of the molecule is CC(C)(C)[Si](C)(C)OCCCN1CC(c2c(-c3cn4c5c(cccc35)CCC4)n[nH]c2N)c2ccccc21. The van der Waals surface area contributed by atoms with Crippen LogP contribution in [0.3, 0.4) is 0 Å². The molecule has 200 valence electrons. The average Bonchev–Trinajstić information content (AvgIpc) is 3.56. The van der Waals surface area contributed by atoms with Gasteiger partial charge in [-0.1, -0.05) is 57.2 Å². The third-order valence-electron chi connectivity index (χ3n) is 9.16. The van der Waals surface area contributed by atoms with E-state index < -0.39 is 8.32 Å². The highest BCUT2D eigenvalue weighted by Gasteiger charge is 2.37.